The molecule has 0 aromatic heterocycles. The zero-order chi connectivity index (χ0) is 12.5. The number of benzene rings is 1. The fraction of sp³-hybridized carbons (Fsp3) is 0.455. The SMILES string of the molecule is CCNS(=O)(=O)N1CCc2ccc(N)cc2C1. The van der Waals surface area contributed by atoms with Crippen molar-refractivity contribution in [2.45, 2.75) is 19.9 Å². The van der Waals surface area contributed by atoms with Crippen LogP contribution in [0.15, 0.2) is 18.2 Å². The predicted octanol–water partition coefficient (Wildman–Crippen LogP) is 0.481. The number of nitrogens with one attached hydrogen (secondary N) is 1. The predicted molar refractivity (Wildman–Crippen MR) is 67.6 cm³/mol. The van der Waals surface area contributed by atoms with Gasteiger partial charge in [-0.2, -0.15) is 12.7 Å². The molecule has 0 spiro atoms. The Morgan fingerprint density at radius 2 is 2.18 bits per heavy atom. The van der Waals surface area contributed by atoms with Crippen molar-refractivity contribution >= 4 is 15.9 Å². The van der Waals surface area contributed by atoms with E-state index in [0.717, 1.165) is 12.0 Å². The molecule has 17 heavy (non-hydrogen) atoms. The van der Waals surface area contributed by atoms with Crippen molar-refractivity contribution in [1.82, 2.24) is 9.03 Å². The first-order valence-electron chi connectivity index (χ1n) is 5.65. The molecule has 0 amide bonds. The molecule has 0 atom stereocenters. The molecule has 1 aliphatic rings. The summed E-state index contributed by atoms with van der Waals surface area (Å²) in [5.41, 5.74) is 8.56. The Kier molecular flexibility index (Phi) is 3.37. The Hall–Kier alpha value is -1.11. The molecule has 0 fully saturated rings. The summed E-state index contributed by atoms with van der Waals surface area (Å²) in [6, 6.07) is 5.68. The average molecular weight is 255 g/mol. The van der Waals surface area contributed by atoms with Crippen LogP contribution in [-0.2, 0) is 23.2 Å². The highest BCUT2D eigenvalue weighted by Gasteiger charge is 2.25. The second-order valence-electron chi connectivity index (χ2n) is 4.11. The maximum Gasteiger partial charge on any atom is 0.279 e. The topological polar surface area (TPSA) is 75.4 Å². The van der Waals surface area contributed by atoms with Crippen LogP contribution in [0.2, 0.25) is 0 Å². The van der Waals surface area contributed by atoms with Crippen LogP contribution in [0.1, 0.15) is 18.1 Å². The second kappa shape index (κ2) is 4.64. The highest BCUT2D eigenvalue weighted by Crippen LogP contribution is 2.22. The van der Waals surface area contributed by atoms with E-state index in [9.17, 15) is 8.42 Å². The zero-order valence-electron chi connectivity index (χ0n) is 9.81. The number of nitrogens with two attached hydrogens (primary N) is 1. The molecule has 1 aliphatic heterocycles. The third kappa shape index (κ3) is 2.59. The van der Waals surface area contributed by atoms with Crippen molar-refractivity contribution in [3.63, 3.8) is 0 Å². The van der Waals surface area contributed by atoms with Gasteiger partial charge in [-0.15, -0.1) is 0 Å². The first-order valence-corrected chi connectivity index (χ1v) is 7.09. The fourth-order valence-electron chi connectivity index (χ4n) is 2.03. The molecule has 1 heterocycles. The molecule has 94 valence electrons. The highest BCUT2D eigenvalue weighted by atomic mass is 32.2. The Balaban J connectivity index is 2.24. The highest BCUT2D eigenvalue weighted by molar-refractivity contribution is 7.87. The molecule has 5 nitrogen and oxygen atoms in total. The van der Waals surface area contributed by atoms with Crippen LogP contribution in [0.4, 0.5) is 5.69 Å². The van der Waals surface area contributed by atoms with E-state index in [1.54, 1.807) is 6.92 Å². The van der Waals surface area contributed by atoms with E-state index in [2.05, 4.69) is 4.72 Å². The van der Waals surface area contributed by atoms with E-state index in [1.165, 1.54) is 9.87 Å². The van der Waals surface area contributed by atoms with Gasteiger partial charge in [-0.25, -0.2) is 4.72 Å². The fourth-order valence-corrected chi connectivity index (χ4v) is 3.22. The molecule has 0 aliphatic carbocycles. The lowest BCUT2D eigenvalue weighted by Crippen LogP contribution is -2.43. The summed E-state index contributed by atoms with van der Waals surface area (Å²) in [5.74, 6) is 0. The van der Waals surface area contributed by atoms with Gasteiger partial charge in [0.25, 0.3) is 10.2 Å². The molecule has 1 aromatic rings. The van der Waals surface area contributed by atoms with Crippen molar-refractivity contribution < 1.29 is 8.42 Å². The Morgan fingerprint density at radius 3 is 2.88 bits per heavy atom. The van der Waals surface area contributed by atoms with Gasteiger partial charge in [0.2, 0.25) is 0 Å². The smallest absolute Gasteiger partial charge is 0.279 e. The van der Waals surface area contributed by atoms with E-state index in [4.69, 9.17) is 5.73 Å². The van der Waals surface area contributed by atoms with Crippen molar-refractivity contribution in [2.75, 3.05) is 18.8 Å². The van der Waals surface area contributed by atoms with Crippen LogP contribution in [0, 0.1) is 0 Å². The van der Waals surface area contributed by atoms with Gasteiger partial charge in [0.15, 0.2) is 0 Å². The number of hydrogen-bond acceptors (Lipinski definition) is 3. The largest absolute Gasteiger partial charge is 0.399 e. The molecule has 1 aromatic carbocycles. The lowest BCUT2D eigenvalue weighted by Gasteiger charge is -2.28. The molecule has 0 saturated heterocycles. The van der Waals surface area contributed by atoms with Crippen molar-refractivity contribution in [3.05, 3.63) is 29.3 Å². The molecule has 0 saturated carbocycles. The Labute approximate surface area is 102 Å². The number of rotatable bonds is 3. The van der Waals surface area contributed by atoms with Crippen LogP contribution in [0.5, 0.6) is 0 Å². The lowest BCUT2D eigenvalue weighted by atomic mass is 10.0. The van der Waals surface area contributed by atoms with Crippen LogP contribution in [0.25, 0.3) is 0 Å². The van der Waals surface area contributed by atoms with Gasteiger partial charge >= 0.3 is 0 Å². The second-order valence-corrected chi connectivity index (χ2v) is 5.87. The summed E-state index contributed by atoms with van der Waals surface area (Å²) in [6.07, 6.45) is 0.736. The number of hydrogen-bond donors (Lipinski definition) is 2. The maximum absolute atomic E-state index is 11.9. The molecule has 0 radical (unpaired) electrons. The maximum atomic E-state index is 11.9. The van der Waals surface area contributed by atoms with Crippen LogP contribution in [0.3, 0.4) is 0 Å². The van der Waals surface area contributed by atoms with Gasteiger partial charge < -0.3 is 5.73 Å². The van der Waals surface area contributed by atoms with Gasteiger partial charge in [-0.05, 0) is 29.7 Å². The first kappa shape index (κ1) is 12.3. The molecular formula is C11H17N3O2S. The molecule has 0 bridgehead atoms. The summed E-state index contributed by atoms with van der Waals surface area (Å²) in [7, 11) is -3.35. The minimum atomic E-state index is -3.35. The van der Waals surface area contributed by atoms with Gasteiger partial charge in [0.1, 0.15) is 0 Å². The zero-order valence-corrected chi connectivity index (χ0v) is 10.6. The summed E-state index contributed by atoms with van der Waals surface area (Å²) in [4.78, 5) is 0. The van der Waals surface area contributed by atoms with Gasteiger partial charge in [0.05, 0.1) is 0 Å². The number of nitrogen functional groups attached to an aromatic ring is 1. The summed E-state index contributed by atoms with van der Waals surface area (Å²) >= 11 is 0. The standard InChI is InChI=1S/C11H17N3O2S/c1-2-13-17(15,16)14-6-5-9-3-4-11(12)7-10(9)8-14/h3-4,7,13H,2,5-6,8,12H2,1H3. The normalized spacial score (nSPS) is 16.8. The van der Waals surface area contributed by atoms with E-state index in [-0.39, 0.29) is 0 Å². The van der Waals surface area contributed by atoms with E-state index < -0.39 is 10.2 Å². The Bertz CT molecular complexity index is 513. The van der Waals surface area contributed by atoms with Crippen LogP contribution in [-0.4, -0.2) is 25.8 Å². The molecule has 6 heteroatoms. The summed E-state index contributed by atoms with van der Waals surface area (Å²) in [6.45, 7) is 3.10. The number of anilines is 1. The average Bonchev–Trinajstić information content (AvgIpc) is 2.28. The van der Waals surface area contributed by atoms with Crippen molar-refractivity contribution in [1.29, 1.82) is 0 Å². The number of nitrogens with zero attached hydrogens (tertiary/aromatic N) is 1. The summed E-state index contributed by atoms with van der Waals surface area (Å²) < 4.78 is 27.7. The molecule has 0 unspecified atom stereocenters. The number of fused-ring (bicyclic) bond motifs is 1. The van der Waals surface area contributed by atoms with Crippen molar-refractivity contribution in [3.8, 4) is 0 Å². The van der Waals surface area contributed by atoms with Gasteiger partial charge in [-0.3, -0.25) is 0 Å². The van der Waals surface area contributed by atoms with E-state index in [0.29, 0.717) is 25.3 Å². The quantitative estimate of drug-likeness (QED) is 0.771. The minimum Gasteiger partial charge on any atom is -0.399 e. The van der Waals surface area contributed by atoms with E-state index in [1.807, 2.05) is 18.2 Å². The third-order valence-electron chi connectivity index (χ3n) is 2.87. The molecular weight excluding hydrogens is 238 g/mol. The van der Waals surface area contributed by atoms with Gasteiger partial charge in [-0.1, -0.05) is 13.0 Å². The monoisotopic (exact) mass is 255 g/mol. The van der Waals surface area contributed by atoms with Crippen LogP contribution < -0.4 is 10.5 Å². The molecule has 3 N–H and O–H groups in total. The lowest BCUT2D eigenvalue weighted by molar-refractivity contribution is 0.385. The Morgan fingerprint density at radius 1 is 1.41 bits per heavy atom. The van der Waals surface area contributed by atoms with E-state index >= 15 is 0 Å². The third-order valence-corrected chi connectivity index (χ3v) is 4.52. The van der Waals surface area contributed by atoms with Gasteiger partial charge in [0, 0.05) is 25.3 Å². The van der Waals surface area contributed by atoms with Crippen LogP contribution >= 0.6 is 0 Å². The van der Waals surface area contributed by atoms with Crippen molar-refractivity contribution in [2.24, 2.45) is 0 Å². The summed E-state index contributed by atoms with van der Waals surface area (Å²) in [5, 5.41) is 0. The first-order chi connectivity index (χ1) is 8.03. The minimum absolute atomic E-state index is 0.399. The molecule has 2 rings (SSSR count).